The number of carboxylic acid groups (broad SMARTS) is 1. The van der Waals surface area contributed by atoms with Gasteiger partial charge in [-0.25, -0.2) is 10.2 Å². The summed E-state index contributed by atoms with van der Waals surface area (Å²) in [7, 11) is 0. The standard InChI is InChI=1S/C26H18N2O5/c1-15-18(7-4-8-19(15)26(30)31)22-12-10-17(32-22)14-27-28-25(29)24-13-21-20-6-3-2-5-16(20)9-11-23(21)33-24/h2-14H,1H3,(H,28,29)(H,30,31)/b27-14+. The van der Waals surface area contributed by atoms with Crippen LogP contribution in [0.15, 0.2) is 86.7 Å². The first kappa shape index (κ1) is 20.3. The molecule has 2 aromatic heterocycles. The van der Waals surface area contributed by atoms with Crippen molar-refractivity contribution in [3.8, 4) is 11.3 Å². The molecule has 0 fully saturated rings. The van der Waals surface area contributed by atoms with Crippen molar-refractivity contribution in [3.05, 3.63) is 95.4 Å². The number of nitrogens with zero attached hydrogens (tertiary/aromatic N) is 1. The number of benzene rings is 3. The van der Waals surface area contributed by atoms with E-state index in [2.05, 4.69) is 10.5 Å². The minimum Gasteiger partial charge on any atom is -0.478 e. The molecule has 0 aliphatic heterocycles. The summed E-state index contributed by atoms with van der Waals surface area (Å²) in [6, 6.07) is 21.8. The lowest BCUT2D eigenvalue weighted by Crippen LogP contribution is -2.16. The third-order valence-corrected chi connectivity index (χ3v) is 5.46. The average molecular weight is 438 g/mol. The minimum atomic E-state index is -0.996. The molecule has 7 nitrogen and oxygen atoms in total. The molecular weight excluding hydrogens is 420 g/mol. The van der Waals surface area contributed by atoms with Gasteiger partial charge in [-0.3, -0.25) is 4.79 Å². The van der Waals surface area contributed by atoms with E-state index in [4.69, 9.17) is 8.83 Å². The third-order valence-electron chi connectivity index (χ3n) is 5.46. The number of carbonyl (C=O) groups excluding carboxylic acids is 1. The predicted molar refractivity (Wildman–Crippen MR) is 125 cm³/mol. The van der Waals surface area contributed by atoms with Crippen LogP contribution in [-0.2, 0) is 0 Å². The van der Waals surface area contributed by atoms with Crippen molar-refractivity contribution in [2.24, 2.45) is 5.10 Å². The van der Waals surface area contributed by atoms with Crippen LogP contribution in [0.4, 0.5) is 0 Å². The summed E-state index contributed by atoms with van der Waals surface area (Å²) in [4.78, 5) is 23.9. The Morgan fingerprint density at radius 2 is 1.79 bits per heavy atom. The van der Waals surface area contributed by atoms with Gasteiger partial charge in [0.2, 0.25) is 0 Å². The van der Waals surface area contributed by atoms with Crippen LogP contribution in [-0.4, -0.2) is 23.2 Å². The molecule has 2 heterocycles. The van der Waals surface area contributed by atoms with E-state index in [0.717, 1.165) is 16.2 Å². The second-order valence-corrected chi connectivity index (χ2v) is 7.49. The van der Waals surface area contributed by atoms with Crippen LogP contribution in [0.2, 0.25) is 0 Å². The van der Waals surface area contributed by atoms with Crippen LogP contribution in [0.3, 0.4) is 0 Å². The topological polar surface area (TPSA) is 105 Å². The van der Waals surface area contributed by atoms with Crippen LogP contribution in [0.1, 0.15) is 32.2 Å². The maximum absolute atomic E-state index is 12.5. The molecule has 0 unspecified atom stereocenters. The Morgan fingerprint density at radius 1 is 0.939 bits per heavy atom. The summed E-state index contributed by atoms with van der Waals surface area (Å²) >= 11 is 0. The number of carbonyl (C=O) groups is 2. The summed E-state index contributed by atoms with van der Waals surface area (Å²) < 4.78 is 11.4. The molecule has 3 aromatic carbocycles. The van der Waals surface area contributed by atoms with Crippen LogP contribution < -0.4 is 5.43 Å². The van der Waals surface area contributed by atoms with Crippen LogP contribution in [0, 0.1) is 6.92 Å². The fourth-order valence-corrected chi connectivity index (χ4v) is 3.82. The van der Waals surface area contributed by atoms with Gasteiger partial charge in [-0.2, -0.15) is 5.10 Å². The molecule has 2 N–H and O–H groups in total. The molecule has 0 aliphatic carbocycles. The van der Waals surface area contributed by atoms with Crippen molar-refractivity contribution >= 4 is 39.8 Å². The number of rotatable bonds is 5. The quantitative estimate of drug-likeness (QED) is 0.274. The highest BCUT2D eigenvalue weighted by Gasteiger charge is 2.15. The van der Waals surface area contributed by atoms with Crippen LogP contribution in [0.25, 0.3) is 33.1 Å². The van der Waals surface area contributed by atoms with Gasteiger partial charge in [0, 0.05) is 10.9 Å². The Hall–Kier alpha value is -4.65. The van der Waals surface area contributed by atoms with E-state index >= 15 is 0 Å². The van der Waals surface area contributed by atoms with Gasteiger partial charge in [-0.05, 0) is 53.6 Å². The summed E-state index contributed by atoms with van der Waals surface area (Å²) in [5.74, 6) is -0.416. The third kappa shape index (κ3) is 3.76. The number of nitrogens with one attached hydrogen (secondary N) is 1. The maximum atomic E-state index is 12.5. The number of hydrogen-bond donors (Lipinski definition) is 2. The molecule has 0 aliphatic rings. The molecule has 5 aromatic rings. The molecule has 33 heavy (non-hydrogen) atoms. The van der Waals surface area contributed by atoms with E-state index in [1.807, 2.05) is 36.4 Å². The van der Waals surface area contributed by atoms with Crippen molar-refractivity contribution in [1.29, 1.82) is 0 Å². The van der Waals surface area contributed by atoms with Crippen molar-refractivity contribution in [2.75, 3.05) is 0 Å². The normalized spacial score (nSPS) is 11.4. The zero-order valence-electron chi connectivity index (χ0n) is 17.5. The van der Waals surface area contributed by atoms with Crippen LogP contribution >= 0.6 is 0 Å². The fourth-order valence-electron chi connectivity index (χ4n) is 3.82. The fraction of sp³-hybridized carbons (Fsp3) is 0.0385. The summed E-state index contributed by atoms with van der Waals surface area (Å²) in [5, 5.41) is 16.2. The van der Waals surface area contributed by atoms with E-state index in [-0.39, 0.29) is 11.3 Å². The number of aromatic carboxylic acids is 1. The zero-order valence-corrected chi connectivity index (χ0v) is 17.5. The van der Waals surface area contributed by atoms with Gasteiger partial charge in [-0.15, -0.1) is 0 Å². The van der Waals surface area contributed by atoms with Crippen LogP contribution in [0.5, 0.6) is 0 Å². The lowest BCUT2D eigenvalue weighted by Gasteiger charge is -2.05. The monoisotopic (exact) mass is 438 g/mol. The van der Waals surface area contributed by atoms with Crippen molar-refractivity contribution in [1.82, 2.24) is 5.43 Å². The summed E-state index contributed by atoms with van der Waals surface area (Å²) in [6.07, 6.45) is 1.37. The van der Waals surface area contributed by atoms with Gasteiger partial charge in [0.25, 0.3) is 0 Å². The Morgan fingerprint density at radius 3 is 2.64 bits per heavy atom. The van der Waals surface area contributed by atoms with E-state index in [9.17, 15) is 14.7 Å². The molecular formula is C26H18N2O5. The maximum Gasteiger partial charge on any atom is 0.335 e. The SMILES string of the molecule is Cc1c(C(=O)O)cccc1-c1ccc(/C=N/NC(=O)c2cc3c(ccc4ccccc43)o2)o1. The minimum absolute atomic E-state index is 0.153. The van der Waals surface area contributed by atoms with Gasteiger partial charge < -0.3 is 13.9 Å². The summed E-state index contributed by atoms with van der Waals surface area (Å²) in [6.45, 7) is 1.73. The number of hydrazone groups is 1. The van der Waals surface area contributed by atoms with Gasteiger partial charge in [0.1, 0.15) is 17.1 Å². The second kappa shape index (κ2) is 8.12. The molecule has 0 radical (unpaired) electrons. The molecule has 0 saturated carbocycles. The Balaban J connectivity index is 1.33. The smallest absolute Gasteiger partial charge is 0.335 e. The molecule has 0 saturated heterocycles. The number of amides is 1. The predicted octanol–water partition coefficient (Wildman–Crippen LogP) is 5.62. The number of fused-ring (bicyclic) bond motifs is 3. The lowest BCUT2D eigenvalue weighted by atomic mass is 10.0. The Labute approximate surface area is 187 Å². The Kier molecular flexibility index (Phi) is 4.99. The second-order valence-electron chi connectivity index (χ2n) is 7.49. The van der Waals surface area contributed by atoms with Gasteiger partial charge in [0.15, 0.2) is 5.76 Å². The number of furan rings is 2. The van der Waals surface area contributed by atoms with Gasteiger partial charge >= 0.3 is 11.9 Å². The molecule has 7 heteroatoms. The van der Waals surface area contributed by atoms with Crippen molar-refractivity contribution in [2.45, 2.75) is 6.92 Å². The average Bonchev–Trinajstić information content (AvgIpc) is 3.46. The van der Waals surface area contributed by atoms with Crippen molar-refractivity contribution in [3.63, 3.8) is 0 Å². The van der Waals surface area contributed by atoms with E-state index in [1.165, 1.54) is 6.21 Å². The van der Waals surface area contributed by atoms with E-state index in [0.29, 0.717) is 28.2 Å². The highest BCUT2D eigenvalue weighted by atomic mass is 16.4. The van der Waals surface area contributed by atoms with E-state index < -0.39 is 11.9 Å². The van der Waals surface area contributed by atoms with Crippen molar-refractivity contribution < 1.29 is 23.5 Å². The van der Waals surface area contributed by atoms with Gasteiger partial charge in [-0.1, -0.05) is 42.5 Å². The highest BCUT2D eigenvalue weighted by Crippen LogP contribution is 2.29. The van der Waals surface area contributed by atoms with E-state index in [1.54, 1.807) is 43.3 Å². The number of carboxylic acids is 1. The first-order valence-electron chi connectivity index (χ1n) is 10.2. The summed E-state index contributed by atoms with van der Waals surface area (Å²) in [5.41, 5.74) is 4.55. The molecule has 0 bridgehead atoms. The van der Waals surface area contributed by atoms with Gasteiger partial charge in [0.05, 0.1) is 11.8 Å². The lowest BCUT2D eigenvalue weighted by molar-refractivity contribution is 0.0696. The largest absolute Gasteiger partial charge is 0.478 e. The molecule has 0 atom stereocenters. The molecule has 162 valence electrons. The molecule has 0 spiro atoms. The molecule has 1 amide bonds. The zero-order chi connectivity index (χ0) is 22.9. The Bertz CT molecular complexity index is 1560. The molecule has 5 rings (SSSR count). The number of hydrogen-bond acceptors (Lipinski definition) is 5. The first-order chi connectivity index (χ1) is 16.0. The highest BCUT2D eigenvalue weighted by molar-refractivity contribution is 6.08. The first-order valence-corrected chi connectivity index (χ1v) is 10.2.